The molecule has 6 aliphatic rings. The van der Waals surface area contributed by atoms with E-state index in [1.807, 2.05) is 19.9 Å². The molecule has 3 fully saturated rings. The van der Waals surface area contributed by atoms with Crippen molar-refractivity contribution in [3.8, 4) is 0 Å². The van der Waals surface area contributed by atoms with Crippen molar-refractivity contribution in [1.82, 2.24) is 0 Å². The summed E-state index contributed by atoms with van der Waals surface area (Å²) in [7, 11) is 0. The van der Waals surface area contributed by atoms with Crippen LogP contribution in [0.4, 0.5) is 0 Å². The van der Waals surface area contributed by atoms with Crippen LogP contribution < -0.4 is 0 Å². The minimum absolute atomic E-state index is 0.0159. The molecular formula is C33H44O6. The van der Waals surface area contributed by atoms with Gasteiger partial charge in [0.2, 0.25) is 5.60 Å². The minimum Gasteiger partial charge on any atom is -0.459 e. The molecule has 212 valence electrons. The first-order valence-corrected chi connectivity index (χ1v) is 14.9. The quantitative estimate of drug-likeness (QED) is 0.301. The van der Waals surface area contributed by atoms with E-state index in [0.29, 0.717) is 5.92 Å². The average Bonchev–Trinajstić information content (AvgIpc) is 3.14. The molecule has 0 aromatic rings. The molecule has 4 aliphatic carbocycles. The molecule has 6 nitrogen and oxygen atoms in total. The van der Waals surface area contributed by atoms with E-state index in [9.17, 15) is 14.4 Å². The molecule has 2 bridgehead atoms. The van der Waals surface area contributed by atoms with Gasteiger partial charge in [0.25, 0.3) is 0 Å². The normalized spacial score (nSPS) is 46.2. The van der Waals surface area contributed by atoms with E-state index in [1.165, 1.54) is 18.1 Å². The summed E-state index contributed by atoms with van der Waals surface area (Å²) in [6, 6.07) is 0. The summed E-state index contributed by atoms with van der Waals surface area (Å²) < 4.78 is 17.6. The number of cyclic esters (lactones) is 1. The van der Waals surface area contributed by atoms with Gasteiger partial charge in [-0.3, -0.25) is 4.79 Å². The molecule has 39 heavy (non-hydrogen) atoms. The maximum Gasteiger partial charge on any atom is 0.350 e. The summed E-state index contributed by atoms with van der Waals surface area (Å²) in [6.07, 6.45) is 13.7. The summed E-state index contributed by atoms with van der Waals surface area (Å²) in [5.41, 5.74) is 2.48. The Kier molecular flexibility index (Phi) is 5.73. The van der Waals surface area contributed by atoms with Crippen molar-refractivity contribution < 1.29 is 28.6 Å². The van der Waals surface area contributed by atoms with Gasteiger partial charge in [-0.2, -0.15) is 0 Å². The molecule has 8 atom stereocenters. The molecule has 0 aromatic carbocycles. The van der Waals surface area contributed by atoms with Gasteiger partial charge in [0, 0.05) is 30.3 Å². The Morgan fingerprint density at radius 1 is 1.00 bits per heavy atom. The van der Waals surface area contributed by atoms with Crippen LogP contribution >= 0.6 is 0 Å². The molecule has 1 saturated heterocycles. The number of hydrogen-bond donors (Lipinski definition) is 0. The maximum atomic E-state index is 13.1. The Bertz CT molecular complexity index is 1240. The molecule has 2 aliphatic heterocycles. The van der Waals surface area contributed by atoms with Crippen LogP contribution in [-0.2, 0) is 28.6 Å². The van der Waals surface area contributed by atoms with E-state index in [-0.39, 0.29) is 46.1 Å². The SMILES string of the molecule is CC(=O)O[C@@]1(C)C(=O)O[C@@H]2C[C@H]1C[C@]2(C)[C@H]1CC[C@@]2(C)C3=C(C=C4C=CC(=O)OC(C)(C)[C@@H]4CC3)CC[C@]12C. The third kappa shape index (κ3) is 3.61. The van der Waals surface area contributed by atoms with E-state index >= 15 is 0 Å². The largest absolute Gasteiger partial charge is 0.459 e. The van der Waals surface area contributed by atoms with E-state index in [0.717, 1.165) is 51.4 Å². The van der Waals surface area contributed by atoms with Gasteiger partial charge in [-0.1, -0.05) is 38.5 Å². The van der Waals surface area contributed by atoms with E-state index < -0.39 is 17.2 Å². The summed E-state index contributed by atoms with van der Waals surface area (Å²) in [5, 5.41) is 0. The average molecular weight is 537 g/mol. The number of carbonyl (C=O) groups is 3. The molecule has 0 amide bonds. The Morgan fingerprint density at radius 2 is 1.74 bits per heavy atom. The highest BCUT2D eigenvalue weighted by Gasteiger charge is 2.69. The first kappa shape index (κ1) is 26.8. The van der Waals surface area contributed by atoms with Crippen molar-refractivity contribution in [3.05, 3.63) is 34.9 Å². The Hall–Kier alpha value is -2.37. The van der Waals surface area contributed by atoms with Crippen molar-refractivity contribution in [3.63, 3.8) is 0 Å². The number of carbonyl (C=O) groups excluding carboxylic acids is 3. The Labute approximate surface area is 232 Å². The van der Waals surface area contributed by atoms with E-state index in [4.69, 9.17) is 14.2 Å². The van der Waals surface area contributed by atoms with Crippen molar-refractivity contribution in [2.45, 2.75) is 117 Å². The van der Waals surface area contributed by atoms with Crippen LogP contribution in [0.5, 0.6) is 0 Å². The maximum absolute atomic E-state index is 13.1. The number of hydrogen-bond acceptors (Lipinski definition) is 6. The fourth-order valence-corrected chi connectivity index (χ4v) is 10.2. The van der Waals surface area contributed by atoms with Gasteiger partial charge in [0.1, 0.15) is 11.7 Å². The molecule has 2 saturated carbocycles. The van der Waals surface area contributed by atoms with Crippen LogP contribution in [0.1, 0.15) is 99.8 Å². The molecule has 6 heteroatoms. The van der Waals surface area contributed by atoms with Gasteiger partial charge in [-0.25, -0.2) is 9.59 Å². The second kappa shape index (κ2) is 8.33. The van der Waals surface area contributed by atoms with Crippen molar-refractivity contribution in [1.29, 1.82) is 0 Å². The summed E-state index contributed by atoms with van der Waals surface area (Å²) in [6.45, 7) is 14.5. The number of ether oxygens (including phenoxy) is 3. The Balaban J connectivity index is 1.34. The van der Waals surface area contributed by atoms with Crippen LogP contribution in [0.2, 0.25) is 0 Å². The van der Waals surface area contributed by atoms with Gasteiger partial charge < -0.3 is 14.2 Å². The van der Waals surface area contributed by atoms with Crippen molar-refractivity contribution in [2.24, 2.45) is 34.0 Å². The molecular weight excluding hydrogens is 492 g/mol. The number of esters is 3. The summed E-state index contributed by atoms with van der Waals surface area (Å²) >= 11 is 0. The predicted octanol–water partition coefficient (Wildman–Crippen LogP) is 6.39. The highest BCUT2D eigenvalue weighted by molar-refractivity contribution is 5.84. The molecule has 6 rings (SSSR count). The number of rotatable bonds is 2. The van der Waals surface area contributed by atoms with Gasteiger partial charge in [0.15, 0.2) is 0 Å². The molecule has 0 spiro atoms. The van der Waals surface area contributed by atoms with Crippen LogP contribution in [-0.4, -0.2) is 35.2 Å². The monoisotopic (exact) mass is 536 g/mol. The first-order valence-electron chi connectivity index (χ1n) is 14.9. The number of allylic oxidation sites excluding steroid dienone is 4. The summed E-state index contributed by atoms with van der Waals surface area (Å²) in [5.74, 6) is -0.510. The van der Waals surface area contributed by atoms with Gasteiger partial charge in [-0.15, -0.1) is 0 Å². The number of fused-ring (bicyclic) bond motifs is 5. The summed E-state index contributed by atoms with van der Waals surface area (Å²) in [4.78, 5) is 37.3. The lowest BCUT2D eigenvalue weighted by atomic mass is 9.50. The van der Waals surface area contributed by atoms with Gasteiger partial charge in [-0.05, 0) is 100 Å². The topological polar surface area (TPSA) is 78.9 Å². The Morgan fingerprint density at radius 3 is 2.46 bits per heavy atom. The molecule has 0 radical (unpaired) electrons. The highest BCUT2D eigenvalue weighted by Crippen LogP contribution is 2.73. The zero-order chi connectivity index (χ0) is 28.2. The second-order valence-corrected chi connectivity index (χ2v) is 14.7. The third-order valence-corrected chi connectivity index (χ3v) is 12.5. The lowest BCUT2D eigenvalue weighted by Crippen LogP contribution is -2.52. The fraction of sp³-hybridized carbons (Fsp3) is 0.727. The molecule has 0 aromatic heterocycles. The molecule has 2 heterocycles. The van der Waals surface area contributed by atoms with Crippen LogP contribution in [0.15, 0.2) is 34.9 Å². The minimum atomic E-state index is -1.20. The third-order valence-electron chi connectivity index (χ3n) is 12.5. The molecule has 0 N–H and O–H groups in total. The van der Waals surface area contributed by atoms with E-state index in [2.05, 4.69) is 26.8 Å². The standard InChI is InChI=1S/C33H44O6/c1-19(34)38-33(7)22-17-26(37-28(33)36)30(4,18-22)25-13-15-31(5)24-10-9-23-20(8-11-27(35)39-29(23,2)3)16-21(24)12-14-32(25,31)6/h8,11,16,22-23,25-26H,9-10,12-15,17-18H2,1-7H3/t22-,23+,25+,26+,30+,31-,32+,33+/m0/s1. The van der Waals surface area contributed by atoms with Crippen LogP contribution in [0.25, 0.3) is 0 Å². The second-order valence-electron chi connectivity index (χ2n) is 14.7. The van der Waals surface area contributed by atoms with Gasteiger partial charge in [0.05, 0.1) is 0 Å². The highest BCUT2D eigenvalue weighted by atomic mass is 16.6. The van der Waals surface area contributed by atoms with E-state index in [1.54, 1.807) is 18.6 Å². The molecule has 0 unspecified atom stereocenters. The van der Waals surface area contributed by atoms with Gasteiger partial charge >= 0.3 is 17.9 Å². The lowest BCUT2D eigenvalue weighted by Gasteiger charge is -2.54. The fourth-order valence-electron chi connectivity index (χ4n) is 10.2. The first-order chi connectivity index (χ1) is 18.1. The lowest BCUT2D eigenvalue weighted by molar-refractivity contribution is -0.199. The predicted molar refractivity (Wildman–Crippen MR) is 146 cm³/mol. The zero-order valence-electron chi connectivity index (χ0n) is 24.6. The van der Waals surface area contributed by atoms with Crippen molar-refractivity contribution >= 4 is 17.9 Å². The zero-order valence-corrected chi connectivity index (χ0v) is 24.6. The van der Waals surface area contributed by atoms with Crippen molar-refractivity contribution in [2.75, 3.05) is 0 Å². The van der Waals surface area contributed by atoms with Crippen LogP contribution in [0.3, 0.4) is 0 Å². The smallest absolute Gasteiger partial charge is 0.350 e. The van der Waals surface area contributed by atoms with Crippen LogP contribution in [0, 0.1) is 34.0 Å².